The quantitative estimate of drug-likeness (QED) is 0.215. The molecule has 0 spiro atoms. The topological polar surface area (TPSA) is 209 Å². The van der Waals surface area contributed by atoms with Crippen LogP contribution < -0.4 is 20.8 Å². The van der Waals surface area contributed by atoms with Crippen LogP contribution in [0, 0.1) is 30.6 Å². The number of carbonyl (C=O) groups is 3. The van der Waals surface area contributed by atoms with Crippen molar-refractivity contribution in [3.63, 3.8) is 0 Å². The minimum Gasteiger partial charge on any atom is -0.507 e. The summed E-state index contributed by atoms with van der Waals surface area (Å²) in [4.78, 5) is 52.3. The van der Waals surface area contributed by atoms with Gasteiger partial charge in [0.2, 0.25) is 0 Å². The number of nitrogens with zero attached hydrogens (tertiary/aromatic N) is 3. The lowest BCUT2D eigenvalue weighted by molar-refractivity contribution is -0.160. The summed E-state index contributed by atoms with van der Waals surface area (Å²) in [7, 11) is 5.49. The Kier molecular flexibility index (Phi) is 14.5. The van der Waals surface area contributed by atoms with Gasteiger partial charge in [-0.3, -0.25) is 19.4 Å². The molecule has 3 heterocycles. The Balaban J connectivity index is 1.78. The molecular weight excluding hydrogens is 773 g/mol. The third-order valence-electron chi connectivity index (χ3n) is 12.4. The molecule has 0 fully saturated rings. The van der Waals surface area contributed by atoms with Crippen molar-refractivity contribution in [1.82, 2.24) is 4.90 Å². The maximum Gasteiger partial charge on any atom is 0.312 e. The summed E-state index contributed by atoms with van der Waals surface area (Å²) in [5.74, 6) is -7.09. The van der Waals surface area contributed by atoms with E-state index in [2.05, 4.69) is 15.2 Å². The van der Waals surface area contributed by atoms with Gasteiger partial charge >= 0.3 is 11.8 Å². The fourth-order valence-electron chi connectivity index (χ4n) is 8.54. The number of anilines is 1. The van der Waals surface area contributed by atoms with E-state index in [1.807, 2.05) is 14.1 Å². The Morgan fingerprint density at radius 3 is 2.32 bits per heavy atom. The number of nitrogens with one attached hydrogen (secondary N) is 1. The first-order valence-corrected chi connectivity index (χ1v) is 20.7. The lowest BCUT2D eigenvalue weighted by Gasteiger charge is -2.38. The summed E-state index contributed by atoms with van der Waals surface area (Å²) in [5, 5.41) is 50.3. The fraction of sp³-hybridized carbons (Fsp3) is 0.578. The van der Waals surface area contributed by atoms with Gasteiger partial charge in [-0.15, -0.1) is 0 Å². The summed E-state index contributed by atoms with van der Waals surface area (Å²) >= 11 is 0. The molecule has 0 saturated carbocycles. The Hall–Kier alpha value is -4.83. The molecular formula is C45H62N4O11. The van der Waals surface area contributed by atoms with E-state index in [1.165, 1.54) is 33.3 Å². The van der Waals surface area contributed by atoms with Crippen LogP contribution in [0.25, 0.3) is 10.8 Å². The van der Waals surface area contributed by atoms with Crippen molar-refractivity contribution in [2.45, 2.75) is 111 Å². The van der Waals surface area contributed by atoms with Crippen molar-refractivity contribution in [3.05, 3.63) is 58.0 Å². The molecule has 328 valence electrons. The van der Waals surface area contributed by atoms with Gasteiger partial charge in [-0.2, -0.15) is 0 Å². The molecule has 0 radical (unpaired) electrons. The predicted molar refractivity (Wildman–Crippen MR) is 226 cm³/mol. The Morgan fingerprint density at radius 1 is 0.967 bits per heavy atom. The summed E-state index contributed by atoms with van der Waals surface area (Å²) in [6.45, 7) is 13.6. The van der Waals surface area contributed by atoms with E-state index in [0.717, 1.165) is 6.42 Å². The first-order valence-electron chi connectivity index (χ1n) is 20.7. The van der Waals surface area contributed by atoms with Gasteiger partial charge in [0.1, 0.15) is 28.3 Å². The van der Waals surface area contributed by atoms with Crippen LogP contribution in [-0.4, -0.2) is 114 Å². The van der Waals surface area contributed by atoms with Gasteiger partial charge in [-0.1, -0.05) is 45.9 Å². The second-order valence-electron chi connectivity index (χ2n) is 16.9. The number of esters is 1. The number of hydrogen-bond donors (Lipinski definition) is 5. The van der Waals surface area contributed by atoms with Gasteiger partial charge < -0.3 is 49.6 Å². The number of aliphatic hydroxyl groups excluding tert-OH is 2. The number of hydrogen-bond acceptors (Lipinski definition) is 14. The normalized spacial score (nSPS) is 32.7. The zero-order chi connectivity index (χ0) is 44.4. The highest BCUT2D eigenvalue weighted by atomic mass is 16.7. The van der Waals surface area contributed by atoms with Crippen LogP contribution in [0.5, 0.6) is 17.2 Å². The average molecular weight is 835 g/mol. The SMILES string of the molecule is CO[C@H]1/C=C/O[C@@]2(C)Oc3c(C)c(O)c4c(O)c(c5c(c4c3C2=O)NCC[C@H](N(C)C)CCCN=5)=NC(=O)/C(C)=C\C=C\[C@H](C)[C@H](O)[C@@H](C)[C@@H](O)[C@@H](C)[C@H](OC(C)=O)[C@@H]1C. The highest BCUT2D eigenvalue weighted by Gasteiger charge is 2.49. The lowest BCUT2D eigenvalue weighted by atomic mass is 9.78. The third-order valence-corrected chi connectivity index (χ3v) is 12.4. The Labute approximate surface area is 351 Å². The van der Waals surface area contributed by atoms with Gasteiger partial charge in [0, 0.05) is 80.3 Å². The van der Waals surface area contributed by atoms with Crippen molar-refractivity contribution in [2.75, 3.05) is 39.6 Å². The number of Topliss-reactive ketones (excluding diaryl/α,β-unsaturated/α-hetero) is 1. The summed E-state index contributed by atoms with van der Waals surface area (Å²) in [5.41, 5.74) is 0.687. The number of allylic oxidation sites excluding steroid dienone is 2. The number of fused-ring (bicyclic) bond motifs is 1. The molecule has 15 heteroatoms. The van der Waals surface area contributed by atoms with Crippen LogP contribution in [0.3, 0.4) is 0 Å². The van der Waals surface area contributed by atoms with E-state index in [1.54, 1.807) is 59.8 Å². The maximum atomic E-state index is 14.7. The van der Waals surface area contributed by atoms with Crippen LogP contribution in [0.4, 0.5) is 5.69 Å². The van der Waals surface area contributed by atoms with Crippen LogP contribution in [-0.2, 0) is 23.8 Å². The molecule has 5 rings (SSSR count). The van der Waals surface area contributed by atoms with Gasteiger partial charge in [-0.25, -0.2) is 4.99 Å². The molecule has 0 aliphatic carbocycles. The van der Waals surface area contributed by atoms with Crippen molar-refractivity contribution in [2.24, 2.45) is 33.7 Å². The summed E-state index contributed by atoms with van der Waals surface area (Å²) < 4.78 is 24.0. The van der Waals surface area contributed by atoms with Crippen LogP contribution >= 0.6 is 0 Å². The minimum atomic E-state index is -1.96. The van der Waals surface area contributed by atoms with Crippen molar-refractivity contribution in [3.8, 4) is 17.2 Å². The fourth-order valence-corrected chi connectivity index (χ4v) is 8.54. The number of ether oxygens (including phenoxy) is 4. The maximum absolute atomic E-state index is 14.7. The van der Waals surface area contributed by atoms with Crippen LogP contribution in [0.15, 0.2) is 46.1 Å². The van der Waals surface area contributed by atoms with E-state index >= 15 is 0 Å². The lowest BCUT2D eigenvalue weighted by Crippen LogP contribution is -2.46. The number of benzene rings is 2. The predicted octanol–water partition coefficient (Wildman–Crippen LogP) is 4.40. The molecule has 1 amide bonds. The van der Waals surface area contributed by atoms with E-state index in [0.29, 0.717) is 31.6 Å². The number of aromatic hydroxyl groups is 2. The molecule has 15 nitrogen and oxygen atoms in total. The molecule has 0 unspecified atom stereocenters. The molecule has 2 aromatic rings. The largest absolute Gasteiger partial charge is 0.507 e. The monoisotopic (exact) mass is 834 g/mol. The number of amides is 1. The third kappa shape index (κ3) is 9.09. The van der Waals surface area contributed by atoms with E-state index in [4.69, 9.17) is 23.9 Å². The summed E-state index contributed by atoms with van der Waals surface area (Å²) in [6.07, 6.45) is 6.12. The number of aliphatic hydroxyl groups is 2. The first kappa shape index (κ1) is 46.2. The van der Waals surface area contributed by atoms with E-state index < -0.39 is 77.3 Å². The molecule has 10 atom stereocenters. The van der Waals surface area contributed by atoms with Crippen LogP contribution in [0.1, 0.15) is 83.7 Å². The number of methoxy groups -OCH3 is 1. The number of phenolic OH excluding ortho intramolecular Hbond substituents is 2. The Morgan fingerprint density at radius 2 is 1.67 bits per heavy atom. The highest BCUT2D eigenvalue weighted by Crippen LogP contribution is 2.50. The van der Waals surface area contributed by atoms with Gasteiger partial charge in [-0.05, 0) is 53.3 Å². The van der Waals surface area contributed by atoms with Gasteiger partial charge in [0.15, 0.2) is 5.75 Å². The number of phenols is 2. The molecule has 0 aromatic heterocycles. The van der Waals surface area contributed by atoms with E-state index in [-0.39, 0.29) is 55.7 Å². The standard InChI is InChI=1S/C45H62N4O11/c1-22-14-12-15-23(2)44(56)48-36-35-34(47-20-17-29(49(9)10)16-13-19-46-35)31-32(40(36)54)39(53)27(6)42-33(31)43(55)45(8,60-42)58-21-18-30(57-11)24(3)41(59-28(7)50)26(5)38(52)25(4)37(22)51/h12,14-15,18,21-22,24-26,29-30,37-38,41,47,51-54H,13,16-17,19-20H2,1-11H3/b14-12+,21-18+,23-15-,46-35?,48-36?/t22-,24+,25+,26+,29+,30-,37-,38+,41+,45-/m0/s1. The Bertz CT molecular complexity index is 2200. The van der Waals surface area contributed by atoms with Crippen molar-refractivity contribution < 1.29 is 53.8 Å². The van der Waals surface area contributed by atoms with Gasteiger partial charge in [0.25, 0.3) is 11.7 Å². The first-order chi connectivity index (χ1) is 28.2. The molecule has 4 bridgehead atoms. The molecule has 0 saturated heterocycles. The number of ketones is 1. The average Bonchev–Trinajstić information content (AvgIpc) is 3.47. The molecule has 60 heavy (non-hydrogen) atoms. The summed E-state index contributed by atoms with van der Waals surface area (Å²) in [6, 6.07) is 0.219. The van der Waals surface area contributed by atoms with Crippen molar-refractivity contribution >= 4 is 34.1 Å². The van der Waals surface area contributed by atoms with E-state index in [9.17, 15) is 34.8 Å². The second-order valence-corrected chi connectivity index (χ2v) is 16.9. The second kappa shape index (κ2) is 18.8. The number of rotatable bonds is 3. The number of carbonyl (C=O) groups excluding carboxylic acids is 3. The molecule has 3 aliphatic rings. The minimum absolute atomic E-state index is 0.0417. The zero-order valence-corrected chi connectivity index (χ0v) is 36.6. The van der Waals surface area contributed by atoms with Crippen LogP contribution in [0.2, 0.25) is 0 Å². The van der Waals surface area contributed by atoms with Gasteiger partial charge in [0.05, 0.1) is 41.2 Å². The smallest absolute Gasteiger partial charge is 0.312 e. The highest BCUT2D eigenvalue weighted by molar-refractivity contribution is 6.21. The molecule has 5 N–H and O–H groups in total. The zero-order valence-electron chi connectivity index (χ0n) is 36.6. The molecule has 3 aliphatic heterocycles. The molecule has 2 aromatic carbocycles. The van der Waals surface area contributed by atoms with Crippen molar-refractivity contribution in [1.29, 1.82) is 0 Å².